The van der Waals surface area contributed by atoms with Crippen LogP contribution in [0.15, 0.2) is 47.5 Å². The Morgan fingerprint density at radius 2 is 1.97 bits per heavy atom. The van der Waals surface area contributed by atoms with E-state index in [1.54, 1.807) is 36.7 Å². The zero-order valence-electron chi connectivity index (χ0n) is 22.4. The number of aromatic amines is 1. The molecule has 1 aromatic carbocycles. The molecule has 0 spiro atoms. The van der Waals surface area contributed by atoms with Gasteiger partial charge in [-0.25, -0.2) is 10.1 Å². The molecule has 5 N–H and O–H groups in total. The van der Waals surface area contributed by atoms with Gasteiger partial charge in [0, 0.05) is 47.6 Å². The highest BCUT2D eigenvalue weighted by Gasteiger charge is 2.19. The first kappa shape index (κ1) is 26.2. The summed E-state index contributed by atoms with van der Waals surface area (Å²) in [4.78, 5) is 23.6. The van der Waals surface area contributed by atoms with Crippen molar-refractivity contribution in [2.45, 2.75) is 45.9 Å². The lowest BCUT2D eigenvalue weighted by molar-refractivity contribution is 0.259. The number of aromatic nitrogens is 6. The lowest BCUT2D eigenvalue weighted by atomic mass is 9.93. The van der Waals surface area contributed by atoms with Gasteiger partial charge in [0.05, 0.1) is 36.4 Å². The first-order valence-corrected chi connectivity index (χ1v) is 12.7. The van der Waals surface area contributed by atoms with Gasteiger partial charge in [0.15, 0.2) is 11.7 Å². The Bertz CT molecular complexity index is 1570. The van der Waals surface area contributed by atoms with Crippen LogP contribution in [-0.2, 0) is 25.1 Å². The third-order valence-corrected chi connectivity index (χ3v) is 6.60. The molecule has 0 amide bonds. The van der Waals surface area contributed by atoms with Crippen LogP contribution in [0.5, 0.6) is 0 Å². The zero-order valence-corrected chi connectivity index (χ0v) is 22.4. The van der Waals surface area contributed by atoms with Crippen molar-refractivity contribution in [1.29, 1.82) is 5.41 Å². The number of rotatable bonds is 6. The Kier molecular flexibility index (Phi) is 6.98. The second-order valence-corrected chi connectivity index (χ2v) is 10.6. The predicted molar refractivity (Wildman–Crippen MR) is 149 cm³/mol. The quantitative estimate of drug-likeness (QED) is 0.187. The molecule has 0 radical (unpaired) electrons. The summed E-state index contributed by atoms with van der Waals surface area (Å²) in [6, 6.07) is 8.91. The summed E-state index contributed by atoms with van der Waals surface area (Å²) in [5, 5.41) is 36.3. The molecule has 0 saturated heterocycles. The third kappa shape index (κ3) is 5.56. The molecule has 0 bridgehead atoms. The molecule has 4 aromatic rings. The van der Waals surface area contributed by atoms with Crippen molar-refractivity contribution >= 4 is 23.0 Å². The molecule has 0 fully saturated rings. The van der Waals surface area contributed by atoms with Gasteiger partial charge in [-0.3, -0.25) is 24.8 Å². The minimum Gasteiger partial charge on any atom is -0.392 e. The minimum atomic E-state index is -0.388. The molecule has 0 unspecified atom stereocenters. The fourth-order valence-corrected chi connectivity index (χ4v) is 4.39. The van der Waals surface area contributed by atoms with Gasteiger partial charge < -0.3 is 15.7 Å². The number of aliphatic hydroxyl groups excluding tert-OH is 1. The Balaban J connectivity index is 1.40. The van der Waals surface area contributed by atoms with Crippen molar-refractivity contribution in [3.63, 3.8) is 0 Å². The van der Waals surface area contributed by atoms with Crippen LogP contribution in [-0.4, -0.2) is 59.4 Å². The number of anilines is 3. The highest BCUT2D eigenvalue weighted by atomic mass is 16.3. The van der Waals surface area contributed by atoms with Crippen LogP contribution in [0.2, 0.25) is 0 Å². The van der Waals surface area contributed by atoms with E-state index in [9.17, 15) is 9.90 Å². The number of aliphatic hydroxyl groups is 1. The summed E-state index contributed by atoms with van der Waals surface area (Å²) in [5.74, 6) is 0.619. The number of likely N-dealkylation sites (N-methyl/N-ethyl adjacent to an activating group) is 1. The molecule has 4 heterocycles. The van der Waals surface area contributed by atoms with Crippen molar-refractivity contribution in [1.82, 2.24) is 34.8 Å². The third-order valence-electron chi connectivity index (χ3n) is 6.60. The highest BCUT2D eigenvalue weighted by molar-refractivity contribution is 6.05. The van der Waals surface area contributed by atoms with Crippen LogP contribution in [0.1, 0.15) is 43.4 Å². The number of nitrogens with one attached hydrogen (secondary N) is 4. The summed E-state index contributed by atoms with van der Waals surface area (Å²) >= 11 is 0. The molecule has 12 nitrogen and oxygen atoms in total. The number of hydrogen-bond acceptors (Lipinski definition) is 9. The van der Waals surface area contributed by atoms with Crippen LogP contribution < -0.4 is 16.2 Å². The van der Waals surface area contributed by atoms with E-state index in [2.05, 4.69) is 47.8 Å². The Morgan fingerprint density at radius 3 is 2.69 bits per heavy atom. The standard InChI is InChI=1S/C27H32N10O2/c1-27(2,3)23-13-29-22(12-30-23)25(28)32-19-7-5-6-17(18(19)15-38)20-11-21(26(39)34-33-20)31-24-10-16-14-36(4)8-9-37(16)35-24/h5-7,10-13,38H,8-9,14-15H2,1-4H3,(H2,28,32)(H,34,39)(H,31,33,35). The number of benzene rings is 1. The molecule has 12 heteroatoms. The number of fused-ring (bicyclic) bond motifs is 1. The topological polar surface area (TPSA) is 161 Å². The maximum Gasteiger partial charge on any atom is 0.287 e. The monoisotopic (exact) mass is 528 g/mol. The van der Waals surface area contributed by atoms with Crippen molar-refractivity contribution < 1.29 is 5.11 Å². The summed E-state index contributed by atoms with van der Waals surface area (Å²) in [7, 11) is 2.06. The largest absolute Gasteiger partial charge is 0.392 e. The van der Waals surface area contributed by atoms with E-state index in [1.807, 2.05) is 31.5 Å². The summed E-state index contributed by atoms with van der Waals surface area (Å²) in [6.07, 6.45) is 3.23. The average Bonchev–Trinajstić information content (AvgIpc) is 3.30. The Hall–Kier alpha value is -4.42. The average molecular weight is 529 g/mol. The molecule has 3 aromatic heterocycles. The molecular weight excluding hydrogens is 496 g/mol. The van der Waals surface area contributed by atoms with E-state index in [4.69, 9.17) is 5.41 Å². The molecular formula is C27H32N10O2. The van der Waals surface area contributed by atoms with E-state index in [-0.39, 0.29) is 29.1 Å². The van der Waals surface area contributed by atoms with E-state index in [1.165, 1.54) is 0 Å². The summed E-state index contributed by atoms with van der Waals surface area (Å²) in [6.45, 7) is 8.31. The van der Waals surface area contributed by atoms with Gasteiger partial charge in [-0.2, -0.15) is 10.2 Å². The molecule has 0 aliphatic carbocycles. The molecule has 0 atom stereocenters. The molecule has 1 aliphatic heterocycles. The molecule has 202 valence electrons. The zero-order chi connectivity index (χ0) is 27.7. The molecule has 0 saturated carbocycles. The molecule has 39 heavy (non-hydrogen) atoms. The fraction of sp³-hybridized carbons (Fsp3) is 0.333. The van der Waals surface area contributed by atoms with E-state index in [0.29, 0.717) is 34.0 Å². The van der Waals surface area contributed by atoms with Crippen LogP contribution in [0.3, 0.4) is 0 Å². The Labute approximate surface area is 225 Å². The van der Waals surface area contributed by atoms with Gasteiger partial charge in [-0.05, 0) is 19.2 Å². The smallest absolute Gasteiger partial charge is 0.287 e. The predicted octanol–water partition coefficient (Wildman–Crippen LogP) is 2.84. The van der Waals surface area contributed by atoms with Gasteiger partial charge in [-0.15, -0.1) is 0 Å². The normalized spacial score (nSPS) is 13.7. The van der Waals surface area contributed by atoms with Crippen molar-refractivity contribution in [3.05, 3.63) is 75.7 Å². The number of amidine groups is 1. The van der Waals surface area contributed by atoms with Gasteiger partial charge in [0.25, 0.3) is 5.56 Å². The number of H-pyrrole nitrogens is 1. The second kappa shape index (κ2) is 10.4. The van der Waals surface area contributed by atoms with Crippen LogP contribution >= 0.6 is 0 Å². The highest BCUT2D eigenvalue weighted by Crippen LogP contribution is 2.30. The summed E-state index contributed by atoms with van der Waals surface area (Å²) < 4.78 is 1.94. The SMILES string of the molecule is CN1CCn2nc(Nc3cc(-c4cccc(NC(=N)c5cnc(C(C)(C)C)cn5)c4CO)n[nH]c3=O)cc2C1. The first-order valence-electron chi connectivity index (χ1n) is 12.7. The van der Waals surface area contributed by atoms with E-state index >= 15 is 0 Å². The van der Waals surface area contributed by atoms with Gasteiger partial charge in [0.2, 0.25) is 0 Å². The molecule has 5 rings (SSSR count). The number of nitrogens with zero attached hydrogens (tertiary/aromatic N) is 6. The van der Waals surface area contributed by atoms with Crippen molar-refractivity contribution in [3.8, 4) is 11.3 Å². The van der Waals surface area contributed by atoms with Gasteiger partial charge in [-0.1, -0.05) is 32.9 Å². The van der Waals surface area contributed by atoms with Crippen LogP contribution in [0.4, 0.5) is 17.2 Å². The van der Waals surface area contributed by atoms with Gasteiger partial charge in [0.1, 0.15) is 11.4 Å². The lowest BCUT2D eigenvalue weighted by Gasteiger charge is -2.22. The molecule has 1 aliphatic rings. The Morgan fingerprint density at radius 1 is 1.15 bits per heavy atom. The van der Waals surface area contributed by atoms with E-state index < -0.39 is 0 Å². The maximum absolute atomic E-state index is 12.6. The van der Waals surface area contributed by atoms with Crippen molar-refractivity contribution in [2.24, 2.45) is 0 Å². The first-order chi connectivity index (χ1) is 18.6. The number of hydrogen-bond donors (Lipinski definition) is 5. The van der Waals surface area contributed by atoms with Gasteiger partial charge >= 0.3 is 0 Å². The fourth-order valence-electron chi connectivity index (χ4n) is 4.39. The lowest BCUT2D eigenvalue weighted by Crippen LogP contribution is -2.30. The van der Waals surface area contributed by atoms with E-state index in [0.717, 1.165) is 31.0 Å². The maximum atomic E-state index is 12.6. The van der Waals surface area contributed by atoms with Crippen LogP contribution in [0, 0.1) is 5.41 Å². The minimum absolute atomic E-state index is 0.0426. The summed E-state index contributed by atoms with van der Waals surface area (Å²) in [5.41, 5.74) is 4.12. The van der Waals surface area contributed by atoms with Crippen molar-refractivity contribution in [2.75, 3.05) is 24.2 Å². The second-order valence-electron chi connectivity index (χ2n) is 10.6. The van der Waals surface area contributed by atoms with Crippen LogP contribution in [0.25, 0.3) is 11.3 Å².